The molecule has 1 aromatic rings. The molecule has 5 nitrogen and oxygen atoms in total. The van der Waals surface area contributed by atoms with Crippen molar-refractivity contribution >= 4 is 0 Å². The molecule has 0 aliphatic carbocycles. The molecule has 0 radical (unpaired) electrons. The summed E-state index contributed by atoms with van der Waals surface area (Å²) < 4.78 is 27.7. The van der Waals surface area contributed by atoms with Crippen molar-refractivity contribution in [2.24, 2.45) is 0 Å². The maximum atomic E-state index is 10.0. The van der Waals surface area contributed by atoms with E-state index in [4.69, 9.17) is 18.7 Å². The predicted octanol–water partition coefficient (Wildman–Crippen LogP) is 2.20. The van der Waals surface area contributed by atoms with Gasteiger partial charge in [0.05, 0.1) is 12.7 Å². The van der Waals surface area contributed by atoms with Gasteiger partial charge in [0.15, 0.2) is 0 Å². The molecule has 1 rings (SSSR count). The second-order valence-electron chi connectivity index (χ2n) is 3.33. The molecule has 1 atom stereocenters. The van der Waals surface area contributed by atoms with Crippen LogP contribution in [0.15, 0.2) is 24.3 Å². The van der Waals surface area contributed by atoms with Crippen molar-refractivity contribution in [3.8, 4) is 5.75 Å². The summed E-state index contributed by atoms with van der Waals surface area (Å²) in [7, 11) is 1.62. The fraction of sp³-hybridized carbons (Fsp3) is 0.357. The number of rotatable bonds is 3. The fourth-order valence-electron chi connectivity index (χ4n) is 1.28. The molecule has 0 heterocycles. The summed E-state index contributed by atoms with van der Waals surface area (Å²) in [5.74, 6) is 0.745. The largest absolute Gasteiger partial charge is 0 e. The van der Waals surface area contributed by atoms with Gasteiger partial charge in [0, 0.05) is 22.9 Å². The van der Waals surface area contributed by atoms with Crippen molar-refractivity contribution in [1.29, 1.82) is 0 Å². The van der Waals surface area contributed by atoms with Gasteiger partial charge in [-0.05, 0) is 19.4 Å². The molecule has 1 aromatic carbocycles. The van der Waals surface area contributed by atoms with Crippen molar-refractivity contribution in [2.75, 3.05) is 7.11 Å². The second-order valence-corrected chi connectivity index (χ2v) is 3.33. The summed E-state index contributed by atoms with van der Waals surface area (Å²) in [5, 5.41) is 10.0. The molecule has 0 unspecified atom stereocenters. The zero-order chi connectivity index (χ0) is 15.9. The van der Waals surface area contributed by atoms with E-state index in [2.05, 4.69) is 20.0 Å². The van der Waals surface area contributed by atoms with Crippen LogP contribution in [0.3, 0.4) is 0 Å². The molecule has 0 aliphatic heterocycles. The monoisotopic (exact) mass is 316 g/mol. The SMILES string of the molecule is CC[C@](C)(O)c1ccccc1OC.[C-]#[O+].[C-]#[O+].[C-]#[O+].[Cr]. The number of ether oxygens (including phenoxy) is 1. The van der Waals surface area contributed by atoms with Crippen LogP contribution in [0.5, 0.6) is 5.75 Å². The molecule has 108 valence electrons. The van der Waals surface area contributed by atoms with Gasteiger partial charge in [0.25, 0.3) is 0 Å². The predicted molar refractivity (Wildman–Crippen MR) is 64.6 cm³/mol. The Bertz CT molecular complexity index is 382. The maximum Gasteiger partial charge on any atom is 0 e. The normalized spacial score (nSPS) is 10.1. The second kappa shape index (κ2) is 17.7. The van der Waals surface area contributed by atoms with Gasteiger partial charge in [0.1, 0.15) is 5.75 Å². The molecule has 0 saturated heterocycles. The Balaban J connectivity index is -0.000000162. The first kappa shape index (κ1) is 27.1. The smallest absolute Gasteiger partial charge is 0 e. The number of hydrogen-bond donors (Lipinski definition) is 1. The minimum Gasteiger partial charge on any atom is 0 e. The van der Waals surface area contributed by atoms with E-state index in [1.165, 1.54) is 0 Å². The molecule has 0 aromatic heterocycles. The summed E-state index contributed by atoms with van der Waals surface area (Å²) in [6, 6.07) is 7.55. The van der Waals surface area contributed by atoms with Crippen LogP contribution in [-0.2, 0) is 36.9 Å². The number of benzene rings is 1. The standard InChI is InChI=1S/C11H16O2.3CO.Cr/c1-4-11(2,12)9-7-5-6-8-10(9)13-3;3*1-2;/h5-8,12H,4H2,1-3H3;;;;/t11-;;;;/m0..../s1. The summed E-state index contributed by atoms with van der Waals surface area (Å²) in [4.78, 5) is 0. The van der Waals surface area contributed by atoms with E-state index in [1.54, 1.807) is 14.0 Å². The minimum absolute atomic E-state index is 0. The number of hydrogen-bond acceptors (Lipinski definition) is 2. The summed E-state index contributed by atoms with van der Waals surface area (Å²) in [6.07, 6.45) is 0.674. The molecule has 0 fully saturated rings. The van der Waals surface area contributed by atoms with Gasteiger partial charge >= 0.3 is 33.9 Å². The number of aliphatic hydroxyl groups is 1. The average Bonchev–Trinajstić information content (AvgIpc) is 2.53. The molecule has 0 bridgehead atoms. The molecule has 1 N–H and O–H groups in total. The van der Waals surface area contributed by atoms with Gasteiger partial charge in [0.2, 0.25) is 0 Å². The van der Waals surface area contributed by atoms with Crippen molar-refractivity contribution in [2.45, 2.75) is 25.9 Å². The van der Waals surface area contributed by atoms with Crippen LogP contribution in [-0.4, -0.2) is 12.2 Å². The first-order chi connectivity index (χ1) is 9.11. The molecular weight excluding hydrogens is 300 g/mol. The van der Waals surface area contributed by atoms with Crippen molar-refractivity contribution < 1.29 is 41.2 Å². The van der Waals surface area contributed by atoms with Crippen LogP contribution in [0, 0.1) is 20.0 Å². The van der Waals surface area contributed by atoms with E-state index in [0.717, 1.165) is 11.3 Å². The van der Waals surface area contributed by atoms with Crippen LogP contribution in [0.25, 0.3) is 0 Å². The van der Waals surface area contributed by atoms with E-state index in [1.807, 2.05) is 31.2 Å². The van der Waals surface area contributed by atoms with E-state index in [0.29, 0.717) is 6.42 Å². The van der Waals surface area contributed by atoms with Crippen LogP contribution in [0.4, 0.5) is 0 Å². The number of para-hydroxylation sites is 1. The average molecular weight is 316 g/mol. The zero-order valence-corrected chi connectivity index (χ0v) is 12.8. The van der Waals surface area contributed by atoms with Gasteiger partial charge in [-0.25, -0.2) is 0 Å². The quantitative estimate of drug-likeness (QED) is 0.684. The molecule has 0 spiro atoms. The van der Waals surface area contributed by atoms with Crippen LogP contribution in [0.1, 0.15) is 25.8 Å². The fourth-order valence-corrected chi connectivity index (χ4v) is 1.28. The first-order valence-electron chi connectivity index (χ1n) is 5.09. The third kappa shape index (κ3) is 9.63. The Labute approximate surface area is 130 Å². The molecule has 20 heavy (non-hydrogen) atoms. The Hall–Kier alpha value is -1.27. The topological polar surface area (TPSA) is 89.2 Å². The number of methoxy groups -OCH3 is 1. The third-order valence-corrected chi connectivity index (χ3v) is 2.38. The van der Waals surface area contributed by atoms with Gasteiger partial charge in [-0.2, -0.15) is 0 Å². The molecule has 0 aliphatic rings. The summed E-state index contributed by atoms with van der Waals surface area (Å²) >= 11 is 0. The van der Waals surface area contributed by atoms with E-state index in [-0.39, 0.29) is 17.4 Å². The Morgan fingerprint density at radius 1 is 1.10 bits per heavy atom. The van der Waals surface area contributed by atoms with Crippen LogP contribution in [0.2, 0.25) is 0 Å². The van der Waals surface area contributed by atoms with Crippen LogP contribution >= 0.6 is 0 Å². The van der Waals surface area contributed by atoms with Gasteiger partial charge in [-0.1, -0.05) is 25.1 Å². The zero-order valence-electron chi connectivity index (χ0n) is 11.5. The van der Waals surface area contributed by atoms with Crippen molar-refractivity contribution in [3.63, 3.8) is 0 Å². The van der Waals surface area contributed by atoms with Crippen molar-refractivity contribution in [1.82, 2.24) is 0 Å². The van der Waals surface area contributed by atoms with Gasteiger partial charge < -0.3 is 9.84 Å². The Morgan fingerprint density at radius 3 is 1.85 bits per heavy atom. The third-order valence-electron chi connectivity index (χ3n) is 2.38. The molecular formula is C14H16CrO5. The Kier molecular flexibility index (Phi) is 24.1. The maximum absolute atomic E-state index is 10.0. The first-order valence-corrected chi connectivity index (χ1v) is 5.09. The molecule has 6 heteroatoms. The van der Waals surface area contributed by atoms with Gasteiger partial charge in [-0.3, -0.25) is 0 Å². The summed E-state index contributed by atoms with van der Waals surface area (Å²) in [6.45, 7) is 17.2. The van der Waals surface area contributed by atoms with Crippen molar-refractivity contribution in [3.05, 3.63) is 49.8 Å². The van der Waals surface area contributed by atoms with E-state index in [9.17, 15) is 5.11 Å². The van der Waals surface area contributed by atoms with Crippen LogP contribution < -0.4 is 4.74 Å². The van der Waals surface area contributed by atoms with Gasteiger partial charge in [-0.15, -0.1) is 0 Å². The molecule has 0 amide bonds. The van der Waals surface area contributed by atoms with E-state index < -0.39 is 5.60 Å². The minimum atomic E-state index is -0.799. The van der Waals surface area contributed by atoms with E-state index >= 15 is 0 Å². The summed E-state index contributed by atoms with van der Waals surface area (Å²) in [5.41, 5.74) is 0.0482. The molecule has 0 saturated carbocycles. The Morgan fingerprint density at radius 2 is 1.50 bits per heavy atom.